The Bertz CT molecular complexity index is 473. The van der Waals surface area contributed by atoms with Crippen molar-refractivity contribution in [3.8, 4) is 0 Å². The van der Waals surface area contributed by atoms with E-state index in [1.54, 1.807) is 0 Å². The van der Waals surface area contributed by atoms with Gasteiger partial charge in [-0.3, -0.25) is 9.80 Å². The Morgan fingerprint density at radius 1 is 1.23 bits per heavy atom. The molecule has 1 heterocycles. The summed E-state index contributed by atoms with van der Waals surface area (Å²) in [6.07, 6.45) is 0.885. The fourth-order valence-electron chi connectivity index (χ4n) is 3.44. The van der Waals surface area contributed by atoms with Gasteiger partial charge in [-0.2, -0.15) is 0 Å². The summed E-state index contributed by atoms with van der Waals surface area (Å²) in [4.78, 5) is 5.12. The van der Waals surface area contributed by atoms with Crippen LogP contribution in [0.4, 0.5) is 0 Å². The molecule has 0 aromatic heterocycles. The van der Waals surface area contributed by atoms with Crippen molar-refractivity contribution < 1.29 is 5.11 Å². The summed E-state index contributed by atoms with van der Waals surface area (Å²) in [5.41, 5.74) is 4.17. The molecule has 1 aliphatic heterocycles. The quantitative estimate of drug-likeness (QED) is 0.875. The molecule has 1 aromatic rings. The van der Waals surface area contributed by atoms with Gasteiger partial charge < -0.3 is 5.11 Å². The average molecular weight is 304 g/mol. The van der Waals surface area contributed by atoms with Crippen LogP contribution in [0.25, 0.3) is 0 Å². The first-order valence-corrected chi connectivity index (χ1v) is 8.63. The molecular weight excluding hydrogens is 272 g/mol. The molecule has 124 valence electrons. The fourth-order valence-corrected chi connectivity index (χ4v) is 3.44. The van der Waals surface area contributed by atoms with Crippen LogP contribution >= 0.6 is 0 Å². The van der Waals surface area contributed by atoms with E-state index in [0.717, 1.165) is 39.1 Å². The number of nitrogens with zero attached hydrogens (tertiary/aromatic N) is 2. The van der Waals surface area contributed by atoms with Gasteiger partial charge in [0.15, 0.2) is 0 Å². The smallest absolute Gasteiger partial charge is 0.0446 e. The highest BCUT2D eigenvalue weighted by Crippen LogP contribution is 2.19. The van der Waals surface area contributed by atoms with E-state index in [2.05, 4.69) is 55.7 Å². The monoisotopic (exact) mass is 304 g/mol. The van der Waals surface area contributed by atoms with Crippen LogP contribution in [-0.2, 0) is 6.54 Å². The molecule has 0 radical (unpaired) electrons. The molecule has 2 rings (SSSR count). The molecule has 0 bridgehead atoms. The van der Waals surface area contributed by atoms with Crippen LogP contribution in [0.2, 0.25) is 0 Å². The van der Waals surface area contributed by atoms with E-state index in [0.29, 0.717) is 12.0 Å². The zero-order valence-corrected chi connectivity index (χ0v) is 14.7. The lowest BCUT2D eigenvalue weighted by molar-refractivity contribution is 0.0476. The minimum Gasteiger partial charge on any atom is -0.396 e. The zero-order valence-electron chi connectivity index (χ0n) is 14.7. The van der Waals surface area contributed by atoms with E-state index >= 15 is 0 Å². The number of rotatable bonds is 6. The summed E-state index contributed by atoms with van der Waals surface area (Å²) in [5.74, 6) is 0.687. The Kier molecular flexibility index (Phi) is 6.42. The van der Waals surface area contributed by atoms with E-state index in [1.807, 2.05) is 0 Å². The lowest BCUT2D eigenvalue weighted by atomic mass is 10.0. The maximum atomic E-state index is 9.38. The first-order chi connectivity index (χ1) is 10.5. The van der Waals surface area contributed by atoms with Crippen LogP contribution < -0.4 is 0 Å². The Morgan fingerprint density at radius 2 is 2.00 bits per heavy atom. The van der Waals surface area contributed by atoms with Gasteiger partial charge in [0.1, 0.15) is 0 Å². The van der Waals surface area contributed by atoms with Crippen LogP contribution in [0.5, 0.6) is 0 Å². The maximum Gasteiger partial charge on any atom is 0.0446 e. The molecule has 1 aromatic carbocycles. The van der Waals surface area contributed by atoms with Crippen LogP contribution in [0.3, 0.4) is 0 Å². The second-order valence-electron chi connectivity index (χ2n) is 7.22. The average Bonchev–Trinajstić information content (AvgIpc) is 2.45. The van der Waals surface area contributed by atoms with E-state index in [1.165, 1.54) is 16.7 Å². The molecular formula is C19H32N2O. The predicted octanol–water partition coefficient (Wildman–Crippen LogP) is 2.83. The van der Waals surface area contributed by atoms with Gasteiger partial charge >= 0.3 is 0 Å². The van der Waals surface area contributed by atoms with Crippen molar-refractivity contribution in [1.29, 1.82) is 0 Å². The van der Waals surface area contributed by atoms with Crippen molar-refractivity contribution in [1.82, 2.24) is 9.80 Å². The Balaban J connectivity index is 2.00. The molecule has 3 nitrogen and oxygen atoms in total. The van der Waals surface area contributed by atoms with Crippen molar-refractivity contribution in [2.75, 3.05) is 32.8 Å². The second-order valence-corrected chi connectivity index (χ2v) is 7.22. The lowest BCUT2D eigenvalue weighted by Gasteiger charge is -2.42. The molecule has 0 unspecified atom stereocenters. The fraction of sp³-hybridized carbons (Fsp3) is 0.684. The van der Waals surface area contributed by atoms with Gasteiger partial charge in [0.25, 0.3) is 0 Å². The Labute approximate surface area is 135 Å². The largest absolute Gasteiger partial charge is 0.396 e. The van der Waals surface area contributed by atoms with Crippen LogP contribution in [0, 0.1) is 19.8 Å². The number of piperazine rings is 1. The summed E-state index contributed by atoms with van der Waals surface area (Å²) in [6, 6.07) is 7.22. The summed E-state index contributed by atoms with van der Waals surface area (Å²) in [5, 5.41) is 9.38. The topological polar surface area (TPSA) is 26.7 Å². The molecule has 1 saturated heterocycles. The highest BCUT2D eigenvalue weighted by molar-refractivity contribution is 5.30. The van der Waals surface area contributed by atoms with Gasteiger partial charge in [-0.1, -0.05) is 37.6 Å². The number of aryl methyl sites for hydroxylation is 2. The summed E-state index contributed by atoms with van der Waals surface area (Å²) >= 11 is 0. The third kappa shape index (κ3) is 4.80. The maximum absolute atomic E-state index is 9.38. The van der Waals surface area contributed by atoms with Crippen molar-refractivity contribution in [2.24, 2.45) is 5.92 Å². The number of benzene rings is 1. The predicted molar refractivity (Wildman–Crippen MR) is 93.1 cm³/mol. The summed E-state index contributed by atoms with van der Waals surface area (Å²) in [6.45, 7) is 14.7. The van der Waals surface area contributed by atoms with Crippen LogP contribution in [-0.4, -0.2) is 53.7 Å². The van der Waals surface area contributed by atoms with Gasteiger partial charge in [-0.15, -0.1) is 0 Å². The van der Waals surface area contributed by atoms with E-state index in [4.69, 9.17) is 0 Å². The Hall–Kier alpha value is -0.900. The number of hydrogen-bond donors (Lipinski definition) is 1. The molecule has 0 saturated carbocycles. The molecule has 3 heteroatoms. The normalized spacial score (nSPS) is 20.7. The number of hydrogen-bond acceptors (Lipinski definition) is 3. The molecule has 1 atom stereocenters. The van der Waals surface area contributed by atoms with E-state index < -0.39 is 0 Å². The van der Waals surface area contributed by atoms with Gasteiger partial charge in [0.2, 0.25) is 0 Å². The highest BCUT2D eigenvalue weighted by atomic mass is 16.3. The standard InChI is InChI=1S/C19H32N2O/c1-15(2)12-21-9-8-20(14-19(21)7-10-22)13-18-11-16(3)5-6-17(18)4/h5-6,11,15,19,22H,7-10,12-14H2,1-4H3/t19-/m0/s1. The van der Waals surface area contributed by atoms with Gasteiger partial charge in [0, 0.05) is 45.4 Å². The van der Waals surface area contributed by atoms with Crippen LogP contribution in [0.1, 0.15) is 37.0 Å². The van der Waals surface area contributed by atoms with Crippen molar-refractivity contribution in [2.45, 2.75) is 46.7 Å². The van der Waals surface area contributed by atoms with Crippen molar-refractivity contribution in [3.05, 3.63) is 34.9 Å². The van der Waals surface area contributed by atoms with Gasteiger partial charge in [-0.05, 0) is 37.3 Å². The van der Waals surface area contributed by atoms with Crippen molar-refractivity contribution in [3.63, 3.8) is 0 Å². The molecule has 1 fully saturated rings. The molecule has 0 spiro atoms. The minimum atomic E-state index is 0.288. The molecule has 1 aliphatic rings. The molecule has 0 aliphatic carbocycles. The second kappa shape index (κ2) is 8.09. The van der Waals surface area contributed by atoms with Crippen LogP contribution in [0.15, 0.2) is 18.2 Å². The summed E-state index contributed by atoms with van der Waals surface area (Å²) < 4.78 is 0. The zero-order chi connectivity index (χ0) is 16.1. The first kappa shape index (κ1) is 17.5. The minimum absolute atomic E-state index is 0.288. The molecule has 22 heavy (non-hydrogen) atoms. The first-order valence-electron chi connectivity index (χ1n) is 8.63. The highest BCUT2D eigenvalue weighted by Gasteiger charge is 2.27. The van der Waals surface area contributed by atoms with Crippen molar-refractivity contribution >= 4 is 0 Å². The van der Waals surface area contributed by atoms with Gasteiger partial charge in [-0.25, -0.2) is 0 Å². The number of aliphatic hydroxyl groups is 1. The SMILES string of the molecule is Cc1ccc(C)c(CN2CCN(CC(C)C)[C@@H](CCO)C2)c1. The third-order valence-electron chi connectivity index (χ3n) is 4.65. The van der Waals surface area contributed by atoms with Gasteiger partial charge in [0.05, 0.1) is 0 Å². The third-order valence-corrected chi connectivity index (χ3v) is 4.65. The summed E-state index contributed by atoms with van der Waals surface area (Å²) in [7, 11) is 0. The lowest BCUT2D eigenvalue weighted by Crippen LogP contribution is -2.53. The van der Waals surface area contributed by atoms with E-state index in [9.17, 15) is 5.11 Å². The Morgan fingerprint density at radius 3 is 2.68 bits per heavy atom. The number of aliphatic hydroxyl groups excluding tert-OH is 1. The molecule has 0 amide bonds. The van der Waals surface area contributed by atoms with E-state index in [-0.39, 0.29) is 6.61 Å². The molecule has 1 N–H and O–H groups in total.